The number of carboxylic acids is 1. The number of nitrogens with one attached hydrogen (secondary N) is 1. The summed E-state index contributed by atoms with van der Waals surface area (Å²) in [5.74, 6) is -1.21. The van der Waals surface area contributed by atoms with Gasteiger partial charge in [-0.1, -0.05) is 32.0 Å². The quantitative estimate of drug-likeness (QED) is 0.746. The van der Waals surface area contributed by atoms with Gasteiger partial charge in [0, 0.05) is 29.9 Å². The maximum Gasteiger partial charge on any atom is 0.305 e. The second-order valence-corrected chi connectivity index (χ2v) is 6.69. The number of rotatable bonds is 8. The fourth-order valence-electron chi connectivity index (χ4n) is 2.62. The van der Waals surface area contributed by atoms with E-state index in [0.717, 1.165) is 0 Å². The molecular formula is C21H24N2O4. The molecule has 0 heterocycles. The summed E-state index contributed by atoms with van der Waals surface area (Å²) in [5, 5.41) is 11.7. The van der Waals surface area contributed by atoms with Crippen molar-refractivity contribution < 1.29 is 19.5 Å². The predicted octanol–water partition coefficient (Wildman–Crippen LogP) is 3.51. The van der Waals surface area contributed by atoms with Crippen molar-refractivity contribution in [3.63, 3.8) is 0 Å². The van der Waals surface area contributed by atoms with E-state index < -0.39 is 5.97 Å². The minimum atomic E-state index is -0.940. The molecule has 0 aliphatic carbocycles. The number of para-hydroxylation sites is 1. The van der Waals surface area contributed by atoms with E-state index in [4.69, 9.17) is 5.11 Å². The van der Waals surface area contributed by atoms with Crippen molar-refractivity contribution in [1.29, 1.82) is 0 Å². The molecule has 2 amide bonds. The van der Waals surface area contributed by atoms with E-state index in [9.17, 15) is 14.4 Å². The van der Waals surface area contributed by atoms with Gasteiger partial charge in [0.25, 0.3) is 11.8 Å². The molecule has 0 saturated heterocycles. The topological polar surface area (TPSA) is 86.7 Å². The van der Waals surface area contributed by atoms with Gasteiger partial charge >= 0.3 is 5.97 Å². The van der Waals surface area contributed by atoms with Gasteiger partial charge in [0.15, 0.2) is 0 Å². The maximum absolute atomic E-state index is 12.7. The average Bonchev–Trinajstić information content (AvgIpc) is 2.65. The highest BCUT2D eigenvalue weighted by atomic mass is 16.4. The number of anilines is 1. The molecule has 2 aromatic carbocycles. The molecule has 0 spiro atoms. The lowest BCUT2D eigenvalue weighted by molar-refractivity contribution is -0.137. The van der Waals surface area contributed by atoms with Gasteiger partial charge in [-0.2, -0.15) is 0 Å². The zero-order valence-electron chi connectivity index (χ0n) is 15.5. The molecule has 0 saturated carbocycles. The molecule has 0 fully saturated rings. The number of nitrogens with zero attached hydrogens (tertiary/aromatic N) is 1. The second kappa shape index (κ2) is 9.52. The summed E-state index contributed by atoms with van der Waals surface area (Å²) < 4.78 is 0. The van der Waals surface area contributed by atoms with Crippen LogP contribution in [0.25, 0.3) is 0 Å². The third-order valence-electron chi connectivity index (χ3n) is 3.89. The van der Waals surface area contributed by atoms with Crippen LogP contribution in [0.1, 0.15) is 41.0 Å². The molecule has 142 valence electrons. The third kappa shape index (κ3) is 6.26. The lowest BCUT2D eigenvalue weighted by Crippen LogP contribution is -2.36. The highest BCUT2D eigenvalue weighted by Crippen LogP contribution is 2.13. The molecule has 6 heteroatoms. The Kier molecular flexibility index (Phi) is 7.11. The van der Waals surface area contributed by atoms with Crippen molar-refractivity contribution in [1.82, 2.24) is 4.90 Å². The van der Waals surface area contributed by atoms with Crippen LogP contribution in [0.3, 0.4) is 0 Å². The second-order valence-electron chi connectivity index (χ2n) is 6.69. The maximum atomic E-state index is 12.7. The number of benzene rings is 2. The van der Waals surface area contributed by atoms with Crippen LogP contribution in [0.2, 0.25) is 0 Å². The van der Waals surface area contributed by atoms with E-state index >= 15 is 0 Å². The smallest absolute Gasteiger partial charge is 0.305 e. The first-order chi connectivity index (χ1) is 12.9. The predicted molar refractivity (Wildman–Crippen MR) is 104 cm³/mol. The first-order valence-electron chi connectivity index (χ1n) is 8.84. The van der Waals surface area contributed by atoms with Gasteiger partial charge in [-0.05, 0) is 42.3 Å². The van der Waals surface area contributed by atoms with E-state index in [-0.39, 0.29) is 30.7 Å². The SMILES string of the molecule is CC(C)CN(CCC(=O)O)C(=O)c1ccc(C(=O)Nc2ccccc2)cc1. The minimum Gasteiger partial charge on any atom is -0.481 e. The summed E-state index contributed by atoms with van der Waals surface area (Å²) in [5.41, 5.74) is 1.56. The number of hydrogen-bond acceptors (Lipinski definition) is 3. The number of amides is 2. The summed E-state index contributed by atoms with van der Waals surface area (Å²) in [6.45, 7) is 4.57. The molecule has 0 aliphatic rings. The Bertz CT molecular complexity index is 786. The fraction of sp³-hybridized carbons (Fsp3) is 0.286. The van der Waals surface area contributed by atoms with Crippen molar-refractivity contribution in [3.8, 4) is 0 Å². The zero-order valence-corrected chi connectivity index (χ0v) is 15.5. The van der Waals surface area contributed by atoms with E-state index in [1.807, 2.05) is 32.0 Å². The number of carbonyl (C=O) groups is 3. The van der Waals surface area contributed by atoms with Gasteiger partial charge in [0.2, 0.25) is 0 Å². The molecule has 0 atom stereocenters. The van der Waals surface area contributed by atoms with Crippen molar-refractivity contribution in [2.45, 2.75) is 20.3 Å². The Labute approximate surface area is 158 Å². The van der Waals surface area contributed by atoms with Crippen LogP contribution in [0.4, 0.5) is 5.69 Å². The van der Waals surface area contributed by atoms with Gasteiger partial charge in [0.1, 0.15) is 0 Å². The summed E-state index contributed by atoms with van der Waals surface area (Å²) in [6.07, 6.45) is -0.101. The van der Waals surface area contributed by atoms with E-state index in [1.54, 1.807) is 36.4 Å². The van der Waals surface area contributed by atoms with Crippen LogP contribution < -0.4 is 5.32 Å². The van der Waals surface area contributed by atoms with Crippen LogP contribution in [0, 0.1) is 5.92 Å². The number of carboxylic acid groups (broad SMARTS) is 1. The van der Waals surface area contributed by atoms with Crippen molar-refractivity contribution in [3.05, 3.63) is 65.7 Å². The normalized spacial score (nSPS) is 10.5. The van der Waals surface area contributed by atoms with Gasteiger partial charge in [0.05, 0.1) is 6.42 Å². The molecule has 2 rings (SSSR count). The van der Waals surface area contributed by atoms with Crippen molar-refractivity contribution >= 4 is 23.5 Å². The fourth-order valence-corrected chi connectivity index (χ4v) is 2.62. The molecule has 6 nitrogen and oxygen atoms in total. The molecule has 2 N–H and O–H groups in total. The molecule has 0 aromatic heterocycles. The summed E-state index contributed by atoms with van der Waals surface area (Å²) in [6, 6.07) is 15.5. The van der Waals surface area contributed by atoms with Gasteiger partial charge < -0.3 is 15.3 Å². The molecule has 0 aliphatic heterocycles. The molecule has 27 heavy (non-hydrogen) atoms. The van der Waals surface area contributed by atoms with Crippen LogP contribution >= 0.6 is 0 Å². The van der Waals surface area contributed by atoms with Crippen LogP contribution in [-0.2, 0) is 4.79 Å². The first kappa shape index (κ1) is 20.2. The highest BCUT2D eigenvalue weighted by molar-refractivity contribution is 6.05. The molecule has 0 bridgehead atoms. The Hall–Kier alpha value is -3.15. The highest BCUT2D eigenvalue weighted by Gasteiger charge is 2.18. The van der Waals surface area contributed by atoms with E-state index in [1.165, 1.54) is 4.90 Å². The van der Waals surface area contributed by atoms with Gasteiger partial charge in [-0.15, -0.1) is 0 Å². The molecule has 0 radical (unpaired) electrons. The Morgan fingerprint density at radius 1 is 0.963 bits per heavy atom. The number of aliphatic carboxylic acids is 1. The lowest BCUT2D eigenvalue weighted by atomic mass is 10.1. The Morgan fingerprint density at radius 2 is 1.56 bits per heavy atom. The largest absolute Gasteiger partial charge is 0.481 e. The van der Waals surface area contributed by atoms with Crippen LogP contribution in [0.15, 0.2) is 54.6 Å². The standard InChI is InChI=1S/C21H24N2O4/c1-15(2)14-23(13-12-19(24)25)21(27)17-10-8-16(9-11-17)20(26)22-18-6-4-3-5-7-18/h3-11,15H,12-14H2,1-2H3,(H,22,26)(H,24,25). The van der Waals surface area contributed by atoms with Gasteiger partial charge in [-0.3, -0.25) is 14.4 Å². The summed E-state index contributed by atoms with van der Waals surface area (Å²) in [7, 11) is 0. The van der Waals surface area contributed by atoms with E-state index in [0.29, 0.717) is 23.4 Å². The third-order valence-corrected chi connectivity index (χ3v) is 3.89. The Morgan fingerprint density at radius 3 is 2.11 bits per heavy atom. The van der Waals surface area contributed by atoms with Crippen molar-refractivity contribution in [2.75, 3.05) is 18.4 Å². The van der Waals surface area contributed by atoms with Gasteiger partial charge in [-0.25, -0.2) is 0 Å². The first-order valence-corrected chi connectivity index (χ1v) is 8.84. The van der Waals surface area contributed by atoms with Crippen LogP contribution in [0.5, 0.6) is 0 Å². The Balaban J connectivity index is 2.08. The monoisotopic (exact) mass is 368 g/mol. The molecule has 2 aromatic rings. The summed E-state index contributed by atoms with van der Waals surface area (Å²) in [4.78, 5) is 37.4. The summed E-state index contributed by atoms with van der Waals surface area (Å²) >= 11 is 0. The zero-order chi connectivity index (χ0) is 19.8. The molecule has 0 unspecified atom stereocenters. The average molecular weight is 368 g/mol. The minimum absolute atomic E-state index is 0.101. The molecular weight excluding hydrogens is 344 g/mol. The number of carbonyl (C=O) groups excluding carboxylic acids is 2. The number of hydrogen-bond donors (Lipinski definition) is 2. The van der Waals surface area contributed by atoms with E-state index in [2.05, 4.69) is 5.32 Å². The van der Waals surface area contributed by atoms with Crippen molar-refractivity contribution in [2.24, 2.45) is 5.92 Å². The van der Waals surface area contributed by atoms with Crippen LogP contribution in [-0.4, -0.2) is 40.9 Å². The lowest BCUT2D eigenvalue weighted by Gasteiger charge is -2.24.